The lowest BCUT2D eigenvalue weighted by Crippen LogP contribution is -2.19. The normalized spacial score (nSPS) is 12.3. The molecule has 0 bridgehead atoms. The number of ether oxygens (including phenoxy) is 3. The zero-order chi connectivity index (χ0) is 23.5. The van der Waals surface area contributed by atoms with E-state index in [9.17, 15) is 4.79 Å². The molecular formula is C21H18N8O5. The highest BCUT2D eigenvalue weighted by Crippen LogP contribution is 2.37. The van der Waals surface area contributed by atoms with Gasteiger partial charge >= 0.3 is 0 Å². The van der Waals surface area contributed by atoms with Gasteiger partial charge in [0.25, 0.3) is 5.91 Å². The van der Waals surface area contributed by atoms with Gasteiger partial charge in [0, 0.05) is 11.1 Å². The second-order valence-electron chi connectivity index (χ2n) is 6.91. The maximum atomic E-state index is 13.0. The molecule has 1 aliphatic rings. The van der Waals surface area contributed by atoms with E-state index in [1.807, 2.05) is 31.2 Å². The minimum Gasteiger partial charge on any atom is -0.493 e. The Morgan fingerprint density at radius 3 is 2.91 bits per heavy atom. The van der Waals surface area contributed by atoms with Gasteiger partial charge in [-0.3, -0.25) is 4.79 Å². The Morgan fingerprint density at radius 2 is 2.09 bits per heavy atom. The summed E-state index contributed by atoms with van der Waals surface area (Å²) in [4.78, 5) is 13.0. The second kappa shape index (κ2) is 8.90. The van der Waals surface area contributed by atoms with Gasteiger partial charge in [0.15, 0.2) is 17.2 Å². The molecule has 13 nitrogen and oxygen atoms in total. The number of benzene rings is 2. The third-order valence-electron chi connectivity index (χ3n) is 4.82. The first-order valence-corrected chi connectivity index (χ1v) is 10.1. The summed E-state index contributed by atoms with van der Waals surface area (Å²) in [5, 5.41) is 19.4. The molecule has 0 aliphatic carbocycles. The number of hydrazone groups is 1. The van der Waals surface area contributed by atoms with Crippen molar-refractivity contribution < 1.29 is 23.6 Å². The Bertz CT molecular complexity index is 1380. The lowest BCUT2D eigenvalue weighted by atomic mass is 10.1. The SMILES string of the molecule is CCOc1ccccc1C=NNC(=O)c1nnn(-c2nonc2N)c1-c1ccc2c(c1)OCO2. The van der Waals surface area contributed by atoms with Crippen LogP contribution in [-0.4, -0.2) is 50.8 Å². The van der Waals surface area contributed by atoms with E-state index in [0.29, 0.717) is 35.0 Å². The van der Waals surface area contributed by atoms with Gasteiger partial charge in [0.2, 0.25) is 18.4 Å². The number of nitrogen functional groups attached to an aromatic ring is 1. The van der Waals surface area contributed by atoms with Gasteiger partial charge < -0.3 is 19.9 Å². The van der Waals surface area contributed by atoms with Gasteiger partial charge in [-0.2, -0.15) is 9.78 Å². The van der Waals surface area contributed by atoms with Crippen molar-refractivity contribution in [3.63, 3.8) is 0 Å². The molecule has 1 amide bonds. The highest BCUT2D eigenvalue weighted by molar-refractivity contribution is 5.99. The Morgan fingerprint density at radius 1 is 1.24 bits per heavy atom. The molecule has 0 saturated heterocycles. The molecule has 3 heterocycles. The van der Waals surface area contributed by atoms with Crippen molar-refractivity contribution in [2.24, 2.45) is 5.10 Å². The molecule has 2 aromatic heterocycles. The van der Waals surface area contributed by atoms with Crippen LogP contribution in [0.3, 0.4) is 0 Å². The number of nitrogens with one attached hydrogen (secondary N) is 1. The summed E-state index contributed by atoms with van der Waals surface area (Å²) in [7, 11) is 0. The molecule has 0 saturated carbocycles. The molecule has 3 N–H and O–H groups in total. The fraction of sp³-hybridized carbons (Fsp3) is 0.143. The molecule has 13 heteroatoms. The molecule has 0 fully saturated rings. The van der Waals surface area contributed by atoms with E-state index in [1.165, 1.54) is 10.9 Å². The van der Waals surface area contributed by atoms with Crippen molar-refractivity contribution in [2.75, 3.05) is 19.1 Å². The van der Waals surface area contributed by atoms with Crippen molar-refractivity contribution in [1.82, 2.24) is 30.7 Å². The molecule has 2 aromatic carbocycles. The second-order valence-corrected chi connectivity index (χ2v) is 6.91. The van der Waals surface area contributed by atoms with Crippen LogP contribution in [0.1, 0.15) is 23.0 Å². The summed E-state index contributed by atoms with van der Waals surface area (Å²) >= 11 is 0. The summed E-state index contributed by atoms with van der Waals surface area (Å²) in [5.74, 6) is 1.17. The minimum atomic E-state index is -0.612. The summed E-state index contributed by atoms with van der Waals surface area (Å²) in [5.41, 5.74) is 9.80. The number of nitrogens with two attached hydrogens (primary N) is 1. The monoisotopic (exact) mass is 462 g/mol. The molecule has 0 spiro atoms. The maximum absolute atomic E-state index is 13.0. The number of anilines is 1. The smallest absolute Gasteiger partial charge is 0.294 e. The number of amides is 1. The van der Waals surface area contributed by atoms with Gasteiger partial charge in [-0.05, 0) is 47.6 Å². The quantitative estimate of drug-likeness (QED) is 0.305. The number of rotatable bonds is 7. The van der Waals surface area contributed by atoms with E-state index in [1.54, 1.807) is 18.2 Å². The number of nitrogens with zero attached hydrogens (tertiary/aromatic N) is 6. The topological polar surface area (TPSA) is 165 Å². The molecular weight excluding hydrogens is 444 g/mol. The number of aromatic nitrogens is 5. The average Bonchev–Trinajstić information content (AvgIpc) is 3.58. The first kappa shape index (κ1) is 20.9. The number of carbonyl (C=O) groups excluding carboxylic acids is 1. The maximum Gasteiger partial charge on any atom is 0.294 e. The highest BCUT2D eigenvalue weighted by Gasteiger charge is 2.26. The third kappa shape index (κ3) is 3.85. The summed E-state index contributed by atoms with van der Waals surface area (Å²) in [6.45, 7) is 2.48. The van der Waals surface area contributed by atoms with Gasteiger partial charge in [-0.25, -0.2) is 10.1 Å². The molecule has 0 atom stereocenters. The summed E-state index contributed by atoms with van der Waals surface area (Å²) in [6.07, 6.45) is 1.48. The number of carbonyl (C=O) groups is 1. The largest absolute Gasteiger partial charge is 0.493 e. The van der Waals surface area contributed by atoms with E-state index in [4.69, 9.17) is 19.9 Å². The molecule has 0 radical (unpaired) electrons. The van der Waals surface area contributed by atoms with Crippen molar-refractivity contribution in [3.8, 4) is 34.3 Å². The van der Waals surface area contributed by atoms with Gasteiger partial charge in [0.1, 0.15) is 11.4 Å². The zero-order valence-electron chi connectivity index (χ0n) is 17.8. The third-order valence-corrected chi connectivity index (χ3v) is 4.82. The van der Waals surface area contributed by atoms with Crippen molar-refractivity contribution in [2.45, 2.75) is 6.92 Å². The Balaban J connectivity index is 1.49. The van der Waals surface area contributed by atoms with E-state index < -0.39 is 5.91 Å². The Kier molecular flexibility index (Phi) is 5.48. The van der Waals surface area contributed by atoms with Crippen molar-refractivity contribution >= 4 is 17.9 Å². The standard InChI is InChI=1S/C21H18N8O5/c1-2-31-14-6-4-3-5-13(14)10-23-25-21(30)17-18(12-7-8-15-16(9-12)33-11-32-15)29(28-24-17)20-19(22)26-34-27-20/h3-10H,2,11H2,1H3,(H2,22,26)(H,25,30). The molecule has 4 aromatic rings. The van der Waals surface area contributed by atoms with Gasteiger partial charge in [0.05, 0.1) is 12.8 Å². The van der Waals surface area contributed by atoms with Crippen LogP contribution in [0.15, 0.2) is 52.2 Å². The summed E-state index contributed by atoms with van der Waals surface area (Å²) < 4.78 is 22.3. The predicted molar refractivity (Wildman–Crippen MR) is 118 cm³/mol. The van der Waals surface area contributed by atoms with E-state index in [0.717, 1.165) is 0 Å². The van der Waals surface area contributed by atoms with Crippen LogP contribution < -0.4 is 25.4 Å². The number of hydrogen-bond donors (Lipinski definition) is 2. The highest BCUT2D eigenvalue weighted by atomic mass is 16.7. The van der Waals surface area contributed by atoms with Crippen molar-refractivity contribution in [3.05, 3.63) is 53.7 Å². The van der Waals surface area contributed by atoms with E-state index in [-0.39, 0.29) is 29.8 Å². The van der Waals surface area contributed by atoms with E-state index >= 15 is 0 Å². The first-order valence-electron chi connectivity index (χ1n) is 10.1. The minimum absolute atomic E-state index is 0.0237. The Labute approximate surface area is 192 Å². The predicted octanol–water partition coefficient (Wildman–Crippen LogP) is 1.79. The number of hydrogen-bond acceptors (Lipinski definition) is 11. The van der Waals surface area contributed by atoms with Crippen LogP contribution in [0.2, 0.25) is 0 Å². The molecule has 1 aliphatic heterocycles. The van der Waals surface area contributed by atoms with Crippen LogP contribution in [0.4, 0.5) is 5.82 Å². The van der Waals surface area contributed by atoms with Crippen LogP contribution in [-0.2, 0) is 0 Å². The molecule has 0 unspecified atom stereocenters. The zero-order valence-corrected chi connectivity index (χ0v) is 17.8. The van der Waals surface area contributed by atoms with Crippen LogP contribution in [0, 0.1) is 0 Å². The van der Waals surface area contributed by atoms with Crippen molar-refractivity contribution in [1.29, 1.82) is 0 Å². The molecule has 5 rings (SSSR count). The molecule has 34 heavy (non-hydrogen) atoms. The number of fused-ring (bicyclic) bond motifs is 1. The lowest BCUT2D eigenvalue weighted by molar-refractivity contribution is 0.0950. The fourth-order valence-corrected chi connectivity index (χ4v) is 3.31. The fourth-order valence-electron chi connectivity index (χ4n) is 3.31. The van der Waals surface area contributed by atoms with Gasteiger partial charge in [-0.15, -0.1) is 5.10 Å². The van der Waals surface area contributed by atoms with Gasteiger partial charge in [-0.1, -0.05) is 17.3 Å². The first-order chi connectivity index (χ1) is 16.7. The van der Waals surface area contributed by atoms with Crippen LogP contribution in [0.5, 0.6) is 17.2 Å². The van der Waals surface area contributed by atoms with Crippen LogP contribution in [0.25, 0.3) is 17.1 Å². The summed E-state index contributed by atoms with van der Waals surface area (Å²) in [6, 6.07) is 12.4. The van der Waals surface area contributed by atoms with Crippen LogP contribution >= 0.6 is 0 Å². The average molecular weight is 462 g/mol. The number of para-hydroxylation sites is 1. The van der Waals surface area contributed by atoms with E-state index in [2.05, 4.69) is 35.8 Å². The Hall–Kier alpha value is -4.94. The molecule has 172 valence electrons. The lowest BCUT2D eigenvalue weighted by Gasteiger charge is -2.07.